The lowest BCUT2D eigenvalue weighted by Gasteiger charge is -2.16. The fourth-order valence-electron chi connectivity index (χ4n) is 2.68. The zero-order valence-corrected chi connectivity index (χ0v) is 13.5. The molecule has 4 nitrogen and oxygen atoms in total. The van der Waals surface area contributed by atoms with Crippen LogP contribution in [-0.4, -0.2) is 28.3 Å². The number of hydrogen-bond donors (Lipinski definition) is 1. The smallest absolute Gasteiger partial charge is 0.229 e. The highest BCUT2D eigenvalue weighted by Gasteiger charge is 2.67. The van der Waals surface area contributed by atoms with Crippen molar-refractivity contribution in [2.24, 2.45) is 5.41 Å². The van der Waals surface area contributed by atoms with Crippen LogP contribution >= 0.6 is 23.2 Å². The Hall–Kier alpha value is -1.00. The predicted octanol–water partition coefficient (Wildman–Crippen LogP) is 2.88. The zero-order chi connectivity index (χ0) is 15.1. The summed E-state index contributed by atoms with van der Waals surface area (Å²) in [5, 5.41) is 2.88. The summed E-state index contributed by atoms with van der Waals surface area (Å²) in [6.07, 6.45) is 4.78. The third kappa shape index (κ3) is 2.84. The quantitative estimate of drug-likeness (QED) is 0.865. The van der Waals surface area contributed by atoms with Crippen molar-refractivity contribution in [3.05, 3.63) is 23.9 Å². The van der Waals surface area contributed by atoms with Crippen LogP contribution < -0.4 is 10.2 Å². The molecule has 2 aliphatic rings. The molecule has 1 aromatic rings. The Labute approximate surface area is 134 Å². The molecule has 21 heavy (non-hydrogen) atoms. The van der Waals surface area contributed by atoms with Crippen molar-refractivity contribution in [3.8, 4) is 0 Å². The van der Waals surface area contributed by atoms with E-state index >= 15 is 0 Å². The number of rotatable bonds is 4. The lowest BCUT2D eigenvalue weighted by atomic mass is 10.1. The first-order valence-corrected chi connectivity index (χ1v) is 8.04. The Kier molecular flexibility index (Phi) is 3.78. The molecule has 0 spiro atoms. The molecule has 6 heteroatoms. The molecule has 1 unspecified atom stereocenters. The van der Waals surface area contributed by atoms with Crippen LogP contribution in [-0.2, 0) is 11.3 Å². The van der Waals surface area contributed by atoms with Crippen LogP contribution in [0.1, 0.15) is 31.7 Å². The Morgan fingerprint density at radius 3 is 2.57 bits per heavy atom. The Morgan fingerprint density at radius 1 is 1.38 bits per heavy atom. The molecule has 0 bridgehead atoms. The fourth-order valence-corrected chi connectivity index (χ4v) is 3.38. The molecular formula is C15H19Cl2N3O. The van der Waals surface area contributed by atoms with E-state index in [2.05, 4.69) is 15.2 Å². The first-order chi connectivity index (χ1) is 9.92. The number of carbonyl (C=O) groups excluding carboxylic acids is 1. The summed E-state index contributed by atoms with van der Waals surface area (Å²) >= 11 is 12.0. The number of alkyl halides is 2. The van der Waals surface area contributed by atoms with Crippen molar-refractivity contribution in [3.63, 3.8) is 0 Å². The van der Waals surface area contributed by atoms with Gasteiger partial charge in [0.25, 0.3) is 0 Å². The first-order valence-electron chi connectivity index (χ1n) is 7.28. The molecule has 3 rings (SSSR count). The summed E-state index contributed by atoms with van der Waals surface area (Å²) in [7, 11) is 0. The van der Waals surface area contributed by atoms with Crippen LogP contribution in [0.25, 0.3) is 0 Å². The average Bonchev–Trinajstić information content (AvgIpc) is 2.87. The van der Waals surface area contributed by atoms with Gasteiger partial charge in [0.15, 0.2) is 0 Å². The van der Waals surface area contributed by atoms with Gasteiger partial charge in [-0.1, -0.05) is 6.07 Å². The van der Waals surface area contributed by atoms with E-state index in [1.165, 1.54) is 12.8 Å². The van der Waals surface area contributed by atoms with Crippen molar-refractivity contribution < 1.29 is 4.79 Å². The van der Waals surface area contributed by atoms with E-state index in [9.17, 15) is 4.79 Å². The number of anilines is 1. The Bertz CT molecular complexity index is 540. The molecule has 114 valence electrons. The number of amides is 1. The molecule has 1 aromatic heterocycles. The van der Waals surface area contributed by atoms with Crippen molar-refractivity contribution in [1.29, 1.82) is 0 Å². The van der Waals surface area contributed by atoms with E-state index in [-0.39, 0.29) is 5.91 Å². The van der Waals surface area contributed by atoms with Gasteiger partial charge < -0.3 is 10.2 Å². The van der Waals surface area contributed by atoms with Gasteiger partial charge >= 0.3 is 0 Å². The molecule has 0 radical (unpaired) electrons. The number of nitrogens with zero attached hydrogens (tertiary/aromatic N) is 2. The number of pyridine rings is 1. The summed E-state index contributed by atoms with van der Waals surface area (Å²) in [6, 6.07) is 4.02. The summed E-state index contributed by atoms with van der Waals surface area (Å²) in [4.78, 5) is 18.8. The van der Waals surface area contributed by atoms with E-state index in [0.717, 1.165) is 24.5 Å². The van der Waals surface area contributed by atoms with Crippen molar-refractivity contribution in [1.82, 2.24) is 10.3 Å². The second kappa shape index (κ2) is 5.33. The maximum Gasteiger partial charge on any atom is 0.229 e. The molecule has 0 aromatic carbocycles. The van der Waals surface area contributed by atoms with Crippen LogP contribution in [0.15, 0.2) is 18.3 Å². The minimum Gasteiger partial charge on any atom is -0.357 e. The molecule has 1 saturated carbocycles. The second-order valence-corrected chi connectivity index (χ2v) is 7.60. The van der Waals surface area contributed by atoms with Gasteiger partial charge in [-0.05, 0) is 37.8 Å². The van der Waals surface area contributed by atoms with Crippen molar-refractivity contribution >= 4 is 34.9 Å². The third-order valence-electron chi connectivity index (χ3n) is 4.45. The summed E-state index contributed by atoms with van der Waals surface area (Å²) < 4.78 is -0.922. The lowest BCUT2D eigenvalue weighted by Crippen LogP contribution is -2.32. The normalized spacial score (nSPS) is 26.7. The van der Waals surface area contributed by atoms with Gasteiger partial charge in [0.2, 0.25) is 5.91 Å². The summed E-state index contributed by atoms with van der Waals surface area (Å²) in [6.45, 7) is 4.40. The molecule has 1 atom stereocenters. The highest BCUT2D eigenvalue weighted by atomic mass is 35.5. The molecular weight excluding hydrogens is 309 g/mol. The van der Waals surface area contributed by atoms with Gasteiger partial charge in [0, 0.05) is 25.8 Å². The van der Waals surface area contributed by atoms with Crippen LogP contribution in [0.4, 0.5) is 5.82 Å². The van der Waals surface area contributed by atoms with Crippen LogP contribution in [0.2, 0.25) is 0 Å². The highest BCUT2D eigenvalue weighted by molar-refractivity contribution is 6.53. The third-order valence-corrected chi connectivity index (χ3v) is 5.55. The molecule has 2 heterocycles. The van der Waals surface area contributed by atoms with E-state index in [0.29, 0.717) is 13.0 Å². The molecule has 1 amide bonds. The lowest BCUT2D eigenvalue weighted by molar-refractivity contribution is -0.125. The fraction of sp³-hybridized carbons (Fsp3) is 0.600. The highest BCUT2D eigenvalue weighted by Crippen LogP contribution is 2.63. The maximum atomic E-state index is 12.1. The number of hydrogen-bond acceptors (Lipinski definition) is 3. The van der Waals surface area contributed by atoms with E-state index in [4.69, 9.17) is 23.2 Å². The number of aromatic nitrogens is 1. The van der Waals surface area contributed by atoms with Crippen molar-refractivity contribution in [2.75, 3.05) is 18.0 Å². The van der Waals surface area contributed by atoms with Crippen LogP contribution in [0, 0.1) is 5.41 Å². The van der Waals surface area contributed by atoms with Gasteiger partial charge in [0.1, 0.15) is 10.2 Å². The van der Waals surface area contributed by atoms with Gasteiger partial charge in [-0.15, -0.1) is 23.2 Å². The second-order valence-electron chi connectivity index (χ2n) is 6.11. The largest absolute Gasteiger partial charge is 0.357 e. The van der Waals surface area contributed by atoms with Gasteiger partial charge in [0.05, 0.1) is 5.41 Å². The minimum absolute atomic E-state index is 0.101. The van der Waals surface area contributed by atoms with Gasteiger partial charge in [-0.3, -0.25) is 4.79 Å². The first kappa shape index (κ1) is 14.9. The van der Waals surface area contributed by atoms with E-state index in [1.807, 2.05) is 18.3 Å². The molecule has 1 N–H and O–H groups in total. The molecule has 1 aliphatic heterocycles. The molecule has 1 saturated heterocycles. The van der Waals surface area contributed by atoms with E-state index in [1.54, 1.807) is 6.92 Å². The maximum absolute atomic E-state index is 12.1. The topological polar surface area (TPSA) is 45.2 Å². The zero-order valence-electron chi connectivity index (χ0n) is 12.0. The SMILES string of the molecule is CC1(C(=O)NCc2ccc(N3CCCC3)nc2)CC1(Cl)Cl. The van der Waals surface area contributed by atoms with Crippen LogP contribution in [0.5, 0.6) is 0 Å². The monoisotopic (exact) mass is 327 g/mol. The van der Waals surface area contributed by atoms with Gasteiger partial charge in [-0.25, -0.2) is 4.98 Å². The Balaban J connectivity index is 1.55. The number of nitrogens with one attached hydrogen (secondary N) is 1. The standard InChI is InChI=1S/C15H19Cl2N3O/c1-14(10-15(14,16)17)13(21)19-9-11-4-5-12(18-8-11)20-6-2-3-7-20/h4-5,8H,2-3,6-7,9-10H2,1H3,(H,19,21). The number of carbonyl (C=O) groups is 1. The number of halogens is 2. The predicted molar refractivity (Wildman–Crippen MR) is 84.7 cm³/mol. The summed E-state index contributed by atoms with van der Waals surface area (Å²) in [5.41, 5.74) is 0.309. The minimum atomic E-state index is -0.922. The molecule has 1 aliphatic carbocycles. The molecule has 2 fully saturated rings. The van der Waals surface area contributed by atoms with Gasteiger partial charge in [-0.2, -0.15) is 0 Å². The van der Waals surface area contributed by atoms with Crippen molar-refractivity contribution in [2.45, 2.75) is 37.1 Å². The van der Waals surface area contributed by atoms with E-state index < -0.39 is 9.75 Å². The average molecular weight is 328 g/mol. The Morgan fingerprint density at radius 2 is 2.05 bits per heavy atom. The van der Waals surface area contributed by atoms with Crippen LogP contribution in [0.3, 0.4) is 0 Å². The summed E-state index contributed by atoms with van der Waals surface area (Å²) in [5.74, 6) is 0.911.